The number of aryl methyl sites for hydroxylation is 4. The summed E-state index contributed by atoms with van der Waals surface area (Å²) in [6, 6.07) is 8.71. The van der Waals surface area contributed by atoms with Crippen LogP contribution < -0.4 is 0 Å². The minimum Gasteiger partial charge on any atom is -0.287 e. The van der Waals surface area contributed by atoms with Gasteiger partial charge in [0.1, 0.15) is 0 Å². The molecule has 0 unspecified atom stereocenters. The van der Waals surface area contributed by atoms with Gasteiger partial charge in [0.25, 0.3) is 0 Å². The van der Waals surface area contributed by atoms with E-state index in [1.54, 1.807) is 6.92 Å². The summed E-state index contributed by atoms with van der Waals surface area (Å²) < 4.78 is 1.24. The van der Waals surface area contributed by atoms with Gasteiger partial charge in [0.05, 0.1) is 0 Å². The Morgan fingerprint density at radius 1 is 0.905 bits per heavy atom. The van der Waals surface area contributed by atoms with E-state index in [1.807, 2.05) is 0 Å². The largest absolute Gasteiger partial charge is 0.287 e. The third-order valence-corrected chi connectivity index (χ3v) is 5.06. The lowest BCUT2D eigenvalue weighted by molar-refractivity contribution is -0.109. The lowest BCUT2D eigenvalue weighted by Gasteiger charge is -2.17. The maximum atomic E-state index is 11.6. The molecule has 2 aromatic rings. The molecule has 0 amide bonds. The fraction of sp³-hybridized carbons (Fsp3) is 0.278. The summed E-state index contributed by atoms with van der Waals surface area (Å²) in [7, 11) is 0. The van der Waals surface area contributed by atoms with Crippen LogP contribution in [0.3, 0.4) is 0 Å². The Balaban J connectivity index is 2.77. The summed E-state index contributed by atoms with van der Waals surface area (Å²) in [5.74, 6) is 0. The van der Waals surface area contributed by atoms with Gasteiger partial charge in [-0.05, 0) is 95.8 Å². The van der Waals surface area contributed by atoms with Gasteiger partial charge in [-0.2, -0.15) is 0 Å². The fourth-order valence-electron chi connectivity index (χ4n) is 2.72. The Hall–Kier alpha value is -0.810. The molecule has 2 aromatic carbocycles. The number of hydrogen-bond acceptors (Lipinski definition) is 2. The number of hydrogen-bond donors (Lipinski definition) is 0. The summed E-state index contributed by atoms with van der Waals surface area (Å²) in [4.78, 5) is 12.7. The van der Waals surface area contributed by atoms with E-state index in [-0.39, 0.29) is 5.12 Å². The Morgan fingerprint density at radius 3 is 1.95 bits per heavy atom. The number of carbonyl (C=O) groups is 1. The molecule has 0 aliphatic carbocycles. The van der Waals surface area contributed by atoms with E-state index < -0.39 is 0 Å². The van der Waals surface area contributed by atoms with Crippen molar-refractivity contribution in [1.29, 1.82) is 0 Å². The third-order valence-electron chi connectivity index (χ3n) is 3.38. The lowest BCUT2D eigenvalue weighted by atomic mass is 9.94. The second-order valence-electron chi connectivity index (χ2n) is 5.49. The first-order valence-electron chi connectivity index (χ1n) is 6.86. The highest BCUT2D eigenvalue weighted by Crippen LogP contribution is 2.39. The molecule has 0 aliphatic rings. The van der Waals surface area contributed by atoms with Crippen molar-refractivity contribution in [3.05, 3.63) is 50.1 Å². The quantitative estimate of drug-likeness (QED) is 0.458. The number of halogens is 1. The van der Waals surface area contributed by atoms with Crippen molar-refractivity contribution in [3.8, 4) is 11.1 Å². The second kappa shape index (κ2) is 6.53. The Labute approximate surface area is 144 Å². The van der Waals surface area contributed by atoms with Gasteiger partial charge in [-0.1, -0.05) is 23.9 Å². The molecule has 0 aromatic heterocycles. The van der Waals surface area contributed by atoms with Crippen molar-refractivity contribution >= 4 is 39.5 Å². The van der Waals surface area contributed by atoms with Crippen molar-refractivity contribution in [2.24, 2.45) is 0 Å². The molecule has 2 rings (SSSR count). The second-order valence-corrected chi connectivity index (χ2v) is 7.87. The lowest BCUT2D eigenvalue weighted by Crippen LogP contribution is -1.97. The van der Waals surface area contributed by atoms with E-state index in [2.05, 4.69) is 74.6 Å². The first-order valence-corrected chi connectivity index (χ1v) is 8.76. The molecule has 0 bridgehead atoms. The number of carbonyl (C=O) groups excluding carboxylic acids is 1. The van der Waals surface area contributed by atoms with Crippen LogP contribution in [0.4, 0.5) is 0 Å². The van der Waals surface area contributed by atoms with Crippen LogP contribution in [-0.2, 0) is 4.79 Å². The van der Waals surface area contributed by atoms with E-state index in [9.17, 15) is 4.79 Å². The average Bonchev–Trinajstić information content (AvgIpc) is 2.30. The zero-order chi connectivity index (χ0) is 15.7. The molecule has 1 nitrogen and oxygen atoms in total. The van der Waals surface area contributed by atoms with Crippen molar-refractivity contribution in [1.82, 2.24) is 0 Å². The zero-order valence-electron chi connectivity index (χ0n) is 13.0. The molecular formula is C18H19IOS. The smallest absolute Gasteiger partial charge is 0.190 e. The molecule has 0 heterocycles. The molecule has 110 valence electrons. The van der Waals surface area contributed by atoms with Crippen molar-refractivity contribution in [2.75, 3.05) is 0 Å². The summed E-state index contributed by atoms with van der Waals surface area (Å²) in [6.07, 6.45) is 0. The third kappa shape index (κ3) is 3.69. The molecule has 3 heteroatoms. The van der Waals surface area contributed by atoms with Crippen LogP contribution in [-0.4, -0.2) is 5.12 Å². The predicted octanol–water partition coefficient (Wildman–Crippen LogP) is 5.83. The van der Waals surface area contributed by atoms with Crippen LogP contribution in [0.25, 0.3) is 11.1 Å². The molecule has 0 fully saturated rings. The zero-order valence-corrected chi connectivity index (χ0v) is 16.0. The summed E-state index contributed by atoms with van der Waals surface area (Å²) >= 11 is 3.72. The molecule has 0 N–H and O–H groups in total. The highest BCUT2D eigenvalue weighted by Gasteiger charge is 2.16. The fourth-order valence-corrected chi connectivity index (χ4v) is 4.82. The van der Waals surface area contributed by atoms with Crippen molar-refractivity contribution in [3.63, 3.8) is 0 Å². The highest BCUT2D eigenvalue weighted by atomic mass is 127. The Bertz CT molecular complexity index is 696. The van der Waals surface area contributed by atoms with Crippen LogP contribution in [0.15, 0.2) is 29.2 Å². The molecule has 0 radical (unpaired) electrons. The average molecular weight is 410 g/mol. The summed E-state index contributed by atoms with van der Waals surface area (Å²) in [6.45, 7) is 10.1. The predicted molar refractivity (Wildman–Crippen MR) is 100 cm³/mol. The van der Waals surface area contributed by atoms with Gasteiger partial charge in [0.15, 0.2) is 5.12 Å². The molecule has 0 saturated carbocycles. The molecular weight excluding hydrogens is 391 g/mol. The number of rotatable bonds is 2. The van der Waals surface area contributed by atoms with Crippen LogP contribution >= 0.6 is 34.4 Å². The normalized spacial score (nSPS) is 10.8. The van der Waals surface area contributed by atoms with Crippen LogP contribution in [0.1, 0.15) is 29.2 Å². The number of benzene rings is 2. The molecule has 0 spiro atoms. The van der Waals surface area contributed by atoms with E-state index in [1.165, 1.54) is 48.7 Å². The van der Waals surface area contributed by atoms with Crippen LogP contribution in [0, 0.1) is 31.3 Å². The standard InChI is InChI=1S/C18H19IOS/c1-10-6-12(3)17(15(19)8-10)18-13(4)7-11(2)9-16(18)21-14(5)20/h6-9H,1-5H3. The molecule has 0 atom stereocenters. The van der Waals surface area contributed by atoms with E-state index in [0.717, 1.165) is 4.90 Å². The first kappa shape index (κ1) is 16.6. The maximum Gasteiger partial charge on any atom is 0.190 e. The first-order chi connectivity index (χ1) is 9.79. The molecule has 0 aliphatic heterocycles. The van der Waals surface area contributed by atoms with Gasteiger partial charge in [0, 0.05) is 15.4 Å². The maximum absolute atomic E-state index is 11.6. The molecule has 0 saturated heterocycles. The van der Waals surface area contributed by atoms with Crippen LogP contribution in [0.2, 0.25) is 0 Å². The number of thioether (sulfide) groups is 1. The van der Waals surface area contributed by atoms with Gasteiger partial charge >= 0.3 is 0 Å². The van der Waals surface area contributed by atoms with Gasteiger partial charge in [-0.15, -0.1) is 0 Å². The minimum absolute atomic E-state index is 0.126. The molecule has 21 heavy (non-hydrogen) atoms. The monoisotopic (exact) mass is 410 g/mol. The summed E-state index contributed by atoms with van der Waals surface area (Å²) in [5, 5.41) is 0.126. The Morgan fingerprint density at radius 2 is 1.43 bits per heavy atom. The SMILES string of the molecule is CC(=O)Sc1cc(C)cc(C)c1-c1c(C)cc(C)cc1I. The topological polar surface area (TPSA) is 17.1 Å². The van der Waals surface area contributed by atoms with E-state index in [0.29, 0.717) is 0 Å². The summed E-state index contributed by atoms with van der Waals surface area (Å²) in [5.41, 5.74) is 7.40. The van der Waals surface area contributed by atoms with Gasteiger partial charge in [-0.25, -0.2) is 0 Å². The highest BCUT2D eigenvalue weighted by molar-refractivity contribution is 14.1. The van der Waals surface area contributed by atoms with Gasteiger partial charge in [-0.3, -0.25) is 4.79 Å². The van der Waals surface area contributed by atoms with Gasteiger partial charge < -0.3 is 0 Å². The van der Waals surface area contributed by atoms with Crippen LogP contribution in [0.5, 0.6) is 0 Å². The van der Waals surface area contributed by atoms with E-state index in [4.69, 9.17) is 0 Å². The van der Waals surface area contributed by atoms with Crippen molar-refractivity contribution in [2.45, 2.75) is 39.5 Å². The van der Waals surface area contributed by atoms with Gasteiger partial charge in [0.2, 0.25) is 0 Å². The Kier molecular flexibility index (Phi) is 5.15. The van der Waals surface area contributed by atoms with E-state index >= 15 is 0 Å². The minimum atomic E-state index is 0.126. The van der Waals surface area contributed by atoms with Crippen molar-refractivity contribution < 1.29 is 4.79 Å².